The van der Waals surface area contributed by atoms with Gasteiger partial charge in [-0.3, -0.25) is 4.79 Å². The van der Waals surface area contributed by atoms with Gasteiger partial charge in [0, 0.05) is 4.88 Å². The lowest BCUT2D eigenvalue weighted by atomic mass is 9.94. The molecular formula is C18H23N3O3S. The Balaban J connectivity index is 1.67. The quantitative estimate of drug-likeness (QED) is 0.853. The summed E-state index contributed by atoms with van der Waals surface area (Å²) in [7, 11) is 0. The number of primary amides is 1. The molecular weight excluding hydrogens is 338 g/mol. The molecule has 6 nitrogen and oxygen atoms in total. The Hall–Kier alpha value is -1.73. The van der Waals surface area contributed by atoms with Gasteiger partial charge in [-0.2, -0.15) is 0 Å². The second-order valence-electron chi connectivity index (χ2n) is 7.07. The Morgan fingerprint density at radius 1 is 1.32 bits per heavy atom. The highest BCUT2D eigenvalue weighted by molar-refractivity contribution is 7.19. The van der Waals surface area contributed by atoms with Gasteiger partial charge in [0.05, 0.1) is 5.39 Å². The zero-order valence-electron chi connectivity index (χ0n) is 14.1. The van der Waals surface area contributed by atoms with Gasteiger partial charge < -0.3 is 15.6 Å². The molecule has 7 heteroatoms. The molecule has 0 radical (unpaired) electrons. The van der Waals surface area contributed by atoms with Crippen LogP contribution in [-0.2, 0) is 11.2 Å². The molecule has 2 aliphatic carbocycles. The first kappa shape index (κ1) is 16.7. The topological polar surface area (TPSA) is 98.3 Å². The smallest absolute Gasteiger partial charge is 0.246 e. The van der Waals surface area contributed by atoms with E-state index in [1.807, 2.05) is 0 Å². The predicted molar refractivity (Wildman–Crippen MR) is 95.8 cm³/mol. The molecule has 134 valence electrons. The number of ether oxygens (including phenoxy) is 1. The Kier molecular flexibility index (Phi) is 4.60. The molecule has 0 saturated heterocycles. The first-order valence-electron chi connectivity index (χ1n) is 9.03. The first-order chi connectivity index (χ1) is 12.1. The lowest BCUT2D eigenvalue weighted by Gasteiger charge is -2.23. The van der Waals surface area contributed by atoms with Crippen LogP contribution in [0.5, 0.6) is 5.88 Å². The van der Waals surface area contributed by atoms with Crippen molar-refractivity contribution in [2.75, 3.05) is 0 Å². The van der Waals surface area contributed by atoms with Crippen molar-refractivity contribution in [3.63, 3.8) is 0 Å². The summed E-state index contributed by atoms with van der Waals surface area (Å²) >= 11 is 1.67. The van der Waals surface area contributed by atoms with E-state index >= 15 is 0 Å². The lowest BCUT2D eigenvalue weighted by Crippen LogP contribution is -2.29. The maximum Gasteiger partial charge on any atom is 0.246 e. The third-order valence-corrected chi connectivity index (χ3v) is 6.54. The number of carbonyl (C=O) groups excluding carboxylic acids is 1. The van der Waals surface area contributed by atoms with E-state index in [1.165, 1.54) is 24.1 Å². The molecule has 1 amide bonds. The molecule has 2 atom stereocenters. The number of carbonyl (C=O) groups is 1. The van der Waals surface area contributed by atoms with Gasteiger partial charge in [-0.25, -0.2) is 9.97 Å². The second kappa shape index (κ2) is 6.88. The van der Waals surface area contributed by atoms with Crippen LogP contribution in [0.3, 0.4) is 0 Å². The van der Waals surface area contributed by atoms with Gasteiger partial charge >= 0.3 is 0 Å². The third kappa shape index (κ3) is 3.22. The van der Waals surface area contributed by atoms with Gasteiger partial charge in [-0.15, -0.1) is 11.3 Å². The van der Waals surface area contributed by atoms with Crippen molar-refractivity contribution in [2.24, 2.45) is 5.73 Å². The minimum Gasteiger partial charge on any atom is -0.474 e. The van der Waals surface area contributed by atoms with Crippen LogP contribution in [0.2, 0.25) is 0 Å². The fourth-order valence-electron chi connectivity index (χ4n) is 4.09. The molecule has 2 unspecified atom stereocenters. The minimum absolute atomic E-state index is 0.103. The number of hydrogen-bond acceptors (Lipinski definition) is 6. The summed E-state index contributed by atoms with van der Waals surface area (Å²) < 4.78 is 6.25. The van der Waals surface area contributed by atoms with E-state index in [0.29, 0.717) is 12.3 Å². The summed E-state index contributed by atoms with van der Waals surface area (Å²) in [6.45, 7) is 0. The third-order valence-electron chi connectivity index (χ3n) is 5.36. The zero-order valence-corrected chi connectivity index (χ0v) is 14.9. The zero-order chi connectivity index (χ0) is 17.4. The van der Waals surface area contributed by atoms with Gasteiger partial charge in [0.2, 0.25) is 11.8 Å². The van der Waals surface area contributed by atoms with Crippen molar-refractivity contribution in [1.29, 1.82) is 0 Å². The van der Waals surface area contributed by atoms with Gasteiger partial charge in [0.15, 0.2) is 0 Å². The SMILES string of the molecule is NC(=O)C(O)CC1CCc2sc3ncnc(OC4CCCCC4)c3c21. The number of aryl methyl sites for hydroxylation is 1. The van der Waals surface area contributed by atoms with Crippen molar-refractivity contribution in [1.82, 2.24) is 9.97 Å². The van der Waals surface area contributed by atoms with Crippen LogP contribution in [0.1, 0.15) is 61.3 Å². The highest BCUT2D eigenvalue weighted by atomic mass is 32.1. The number of amides is 1. The highest BCUT2D eigenvalue weighted by Crippen LogP contribution is 2.47. The monoisotopic (exact) mass is 361 g/mol. The van der Waals surface area contributed by atoms with Crippen LogP contribution in [0.15, 0.2) is 6.33 Å². The van der Waals surface area contributed by atoms with E-state index < -0.39 is 12.0 Å². The average molecular weight is 361 g/mol. The number of nitrogens with two attached hydrogens (primary N) is 1. The number of nitrogens with zero attached hydrogens (tertiary/aromatic N) is 2. The molecule has 3 N–H and O–H groups in total. The van der Waals surface area contributed by atoms with Crippen molar-refractivity contribution in [3.05, 3.63) is 16.8 Å². The van der Waals surface area contributed by atoms with Crippen molar-refractivity contribution < 1.29 is 14.6 Å². The maximum atomic E-state index is 11.3. The highest BCUT2D eigenvalue weighted by Gasteiger charge is 2.33. The van der Waals surface area contributed by atoms with Crippen LogP contribution < -0.4 is 10.5 Å². The molecule has 1 fully saturated rings. The lowest BCUT2D eigenvalue weighted by molar-refractivity contribution is -0.126. The van der Waals surface area contributed by atoms with E-state index in [2.05, 4.69) is 9.97 Å². The van der Waals surface area contributed by atoms with Crippen LogP contribution in [0, 0.1) is 0 Å². The minimum atomic E-state index is -1.11. The van der Waals surface area contributed by atoms with Crippen LogP contribution in [0.4, 0.5) is 0 Å². The number of fused-ring (bicyclic) bond motifs is 3. The van der Waals surface area contributed by atoms with Crippen molar-refractivity contribution >= 4 is 27.5 Å². The normalized spacial score (nSPS) is 22.0. The largest absolute Gasteiger partial charge is 0.474 e. The molecule has 0 aliphatic heterocycles. The number of aliphatic hydroxyl groups excluding tert-OH is 1. The van der Waals surface area contributed by atoms with Crippen molar-refractivity contribution in [3.8, 4) is 5.88 Å². The number of aromatic nitrogens is 2. The molecule has 0 spiro atoms. The van der Waals surface area contributed by atoms with Crippen LogP contribution in [-0.4, -0.2) is 33.2 Å². The van der Waals surface area contributed by atoms with E-state index in [-0.39, 0.29) is 12.0 Å². The Labute approximate surface area is 150 Å². The summed E-state index contributed by atoms with van der Waals surface area (Å²) in [5, 5.41) is 10.9. The summed E-state index contributed by atoms with van der Waals surface area (Å²) in [5.74, 6) is 0.101. The van der Waals surface area contributed by atoms with E-state index in [1.54, 1.807) is 17.7 Å². The van der Waals surface area contributed by atoms with E-state index in [4.69, 9.17) is 10.5 Å². The number of aliphatic hydroxyl groups is 1. The molecule has 2 aliphatic rings. The van der Waals surface area contributed by atoms with E-state index in [0.717, 1.165) is 41.5 Å². The standard InChI is InChI=1S/C18H23N3O3S/c19-16(23)12(22)8-10-6-7-13-14(10)15-17(20-9-21-18(15)25-13)24-11-4-2-1-3-5-11/h9-12,22H,1-8H2,(H2,19,23). The molecule has 2 aromatic rings. The average Bonchev–Trinajstić information content (AvgIpc) is 3.16. The summed E-state index contributed by atoms with van der Waals surface area (Å²) in [6.07, 6.45) is 8.71. The summed E-state index contributed by atoms with van der Waals surface area (Å²) in [5.41, 5.74) is 6.40. The van der Waals surface area contributed by atoms with Gasteiger partial charge in [0.1, 0.15) is 23.4 Å². The molecule has 25 heavy (non-hydrogen) atoms. The Morgan fingerprint density at radius 2 is 2.12 bits per heavy atom. The fraction of sp³-hybridized carbons (Fsp3) is 0.611. The van der Waals surface area contributed by atoms with Gasteiger partial charge in [0.25, 0.3) is 0 Å². The number of rotatable bonds is 5. The van der Waals surface area contributed by atoms with E-state index in [9.17, 15) is 9.90 Å². The summed E-state index contributed by atoms with van der Waals surface area (Å²) in [6, 6.07) is 0. The Bertz CT molecular complexity index is 785. The second-order valence-corrected chi connectivity index (χ2v) is 8.15. The first-order valence-corrected chi connectivity index (χ1v) is 9.85. The predicted octanol–water partition coefficient (Wildman–Crippen LogP) is 2.67. The Morgan fingerprint density at radius 3 is 2.88 bits per heavy atom. The fourth-order valence-corrected chi connectivity index (χ4v) is 5.32. The van der Waals surface area contributed by atoms with Crippen LogP contribution in [0.25, 0.3) is 10.2 Å². The number of hydrogen-bond donors (Lipinski definition) is 2. The molecule has 0 aromatic carbocycles. The molecule has 0 bridgehead atoms. The van der Waals surface area contributed by atoms with Gasteiger partial charge in [-0.05, 0) is 56.4 Å². The number of thiophene rings is 1. The molecule has 1 saturated carbocycles. The van der Waals surface area contributed by atoms with Crippen molar-refractivity contribution in [2.45, 2.75) is 69.5 Å². The molecule has 2 heterocycles. The maximum absolute atomic E-state index is 11.3. The molecule has 2 aromatic heterocycles. The van der Waals surface area contributed by atoms with Gasteiger partial charge in [-0.1, -0.05) is 6.42 Å². The van der Waals surface area contributed by atoms with Crippen LogP contribution >= 0.6 is 11.3 Å². The summed E-state index contributed by atoms with van der Waals surface area (Å²) in [4.78, 5) is 22.3. The molecule has 4 rings (SSSR count).